The van der Waals surface area contributed by atoms with Gasteiger partial charge in [0.25, 0.3) is 0 Å². The van der Waals surface area contributed by atoms with E-state index in [1.54, 1.807) is 0 Å². The molecule has 0 aliphatic heterocycles. The van der Waals surface area contributed by atoms with Crippen LogP contribution < -0.4 is 10.6 Å². The van der Waals surface area contributed by atoms with E-state index in [0.717, 1.165) is 23.8 Å². The number of anilines is 1. The zero-order chi connectivity index (χ0) is 13.5. The van der Waals surface area contributed by atoms with Crippen LogP contribution in [-0.2, 0) is 6.54 Å². The number of nitrogens with zero attached hydrogens (tertiary/aromatic N) is 1. The van der Waals surface area contributed by atoms with Crippen LogP contribution in [0.25, 0.3) is 0 Å². The van der Waals surface area contributed by atoms with Crippen LogP contribution in [-0.4, -0.2) is 12.6 Å². The zero-order valence-corrected chi connectivity index (χ0v) is 12.3. The summed E-state index contributed by atoms with van der Waals surface area (Å²) in [6, 6.07) is 9.79. The van der Waals surface area contributed by atoms with Gasteiger partial charge in [0, 0.05) is 24.8 Å². The molecule has 2 N–H and O–H groups in total. The number of nitrogens with two attached hydrogens (primary N) is 1. The zero-order valence-electron chi connectivity index (χ0n) is 12.3. The van der Waals surface area contributed by atoms with Crippen molar-refractivity contribution in [3.63, 3.8) is 0 Å². The molecule has 0 saturated heterocycles. The molecule has 3 fully saturated rings. The average molecular weight is 270 g/mol. The fourth-order valence-corrected chi connectivity index (χ4v) is 4.53. The van der Waals surface area contributed by atoms with Crippen molar-refractivity contribution in [1.82, 2.24) is 0 Å². The van der Waals surface area contributed by atoms with E-state index in [9.17, 15) is 0 Å². The molecule has 108 valence electrons. The van der Waals surface area contributed by atoms with Gasteiger partial charge in [0.1, 0.15) is 0 Å². The van der Waals surface area contributed by atoms with Gasteiger partial charge in [0.15, 0.2) is 0 Å². The van der Waals surface area contributed by atoms with Gasteiger partial charge >= 0.3 is 0 Å². The summed E-state index contributed by atoms with van der Waals surface area (Å²) in [7, 11) is 0. The Morgan fingerprint density at radius 3 is 2.35 bits per heavy atom. The highest BCUT2D eigenvalue weighted by Crippen LogP contribution is 2.49. The van der Waals surface area contributed by atoms with Crippen molar-refractivity contribution in [2.45, 2.75) is 51.1 Å². The first kappa shape index (κ1) is 12.7. The molecule has 3 aliphatic carbocycles. The fourth-order valence-electron chi connectivity index (χ4n) is 4.53. The normalized spacial score (nSPS) is 31.8. The monoisotopic (exact) mass is 270 g/mol. The summed E-state index contributed by atoms with van der Waals surface area (Å²) in [5, 5.41) is 0. The maximum atomic E-state index is 5.71. The van der Waals surface area contributed by atoms with Crippen molar-refractivity contribution < 1.29 is 0 Å². The van der Waals surface area contributed by atoms with E-state index >= 15 is 0 Å². The Morgan fingerprint density at radius 1 is 1.00 bits per heavy atom. The molecule has 3 atom stereocenters. The predicted octanol–water partition coefficient (Wildman–Crippen LogP) is 3.55. The minimum Gasteiger partial charge on any atom is -0.368 e. The highest BCUT2D eigenvalue weighted by atomic mass is 15.2. The third-order valence-electron chi connectivity index (χ3n) is 5.81. The second kappa shape index (κ2) is 5.07. The van der Waals surface area contributed by atoms with Gasteiger partial charge in [0.05, 0.1) is 0 Å². The molecule has 0 aromatic heterocycles. The van der Waals surface area contributed by atoms with Crippen molar-refractivity contribution in [3.05, 3.63) is 29.8 Å². The molecule has 0 radical (unpaired) electrons. The van der Waals surface area contributed by atoms with E-state index < -0.39 is 0 Å². The summed E-state index contributed by atoms with van der Waals surface area (Å²) in [5.74, 6) is 3.05. The molecule has 3 aliphatic rings. The number of fused-ring (bicyclic) bond motifs is 2. The van der Waals surface area contributed by atoms with Gasteiger partial charge in [-0.2, -0.15) is 0 Å². The van der Waals surface area contributed by atoms with Gasteiger partial charge in [-0.15, -0.1) is 0 Å². The minimum absolute atomic E-state index is 0.649. The second-order valence-electron chi connectivity index (χ2n) is 7.19. The van der Waals surface area contributed by atoms with Crippen LogP contribution >= 0.6 is 0 Å². The van der Waals surface area contributed by atoms with Crippen molar-refractivity contribution in [2.75, 3.05) is 11.4 Å². The standard InChI is InChI=1S/C18H26N2/c19-11-13-2-5-17(6-3-13)20(18-7-8-18)12-16-10-14-1-4-15(16)9-14/h2-3,5-6,14-16,18H,1,4,7-12,19H2. The molecule has 0 spiro atoms. The maximum absolute atomic E-state index is 5.71. The van der Waals surface area contributed by atoms with Crippen molar-refractivity contribution in [1.29, 1.82) is 0 Å². The van der Waals surface area contributed by atoms with Crippen molar-refractivity contribution >= 4 is 5.69 Å². The van der Waals surface area contributed by atoms with E-state index in [-0.39, 0.29) is 0 Å². The number of hydrogen-bond donors (Lipinski definition) is 1. The Balaban J connectivity index is 1.49. The van der Waals surface area contributed by atoms with Crippen LogP contribution in [0.2, 0.25) is 0 Å². The molecule has 2 nitrogen and oxygen atoms in total. The van der Waals surface area contributed by atoms with Crippen LogP contribution in [0.5, 0.6) is 0 Å². The lowest BCUT2D eigenvalue weighted by molar-refractivity contribution is 0.333. The van der Waals surface area contributed by atoms with E-state index in [1.807, 2.05) is 0 Å². The highest BCUT2D eigenvalue weighted by molar-refractivity contribution is 5.50. The third-order valence-corrected chi connectivity index (χ3v) is 5.81. The lowest BCUT2D eigenvalue weighted by atomic mass is 9.88. The van der Waals surface area contributed by atoms with Gasteiger partial charge < -0.3 is 10.6 Å². The van der Waals surface area contributed by atoms with E-state index in [2.05, 4.69) is 29.2 Å². The van der Waals surface area contributed by atoms with Crippen LogP contribution in [0.15, 0.2) is 24.3 Å². The second-order valence-corrected chi connectivity index (χ2v) is 7.19. The molecule has 2 bridgehead atoms. The van der Waals surface area contributed by atoms with Gasteiger partial charge in [-0.25, -0.2) is 0 Å². The Morgan fingerprint density at radius 2 is 1.80 bits per heavy atom. The smallest absolute Gasteiger partial charge is 0.0369 e. The van der Waals surface area contributed by atoms with Crippen LogP contribution in [0, 0.1) is 17.8 Å². The third kappa shape index (κ3) is 2.35. The van der Waals surface area contributed by atoms with Crippen LogP contribution in [0.4, 0.5) is 5.69 Å². The van der Waals surface area contributed by atoms with Gasteiger partial charge in [-0.1, -0.05) is 18.6 Å². The number of rotatable bonds is 5. The highest BCUT2D eigenvalue weighted by Gasteiger charge is 2.41. The average Bonchev–Trinajstić information content (AvgIpc) is 3.12. The van der Waals surface area contributed by atoms with Gasteiger partial charge in [0.2, 0.25) is 0 Å². The SMILES string of the molecule is NCc1ccc(N(CC2CC3CCC2C3)C2CC2)cc1. The first-order valence-corrected chi connectivity index (χ1v) is 8.39. The van der Waals surface area contributed by atoms with Crippen LogP contribution in [0.1, 0.15) is 44.1 Å². The summed E-state index contributed by atoms with van der Waals surface area (Å²) in [6.07, 6.45) is 8.80. The first-order valence-electron chi connectivity index (χ1n) is 8.39. The molecular weight excluding hydrogens is 244 g/mol. The summed E-state index contributed by atoms with van der Waals surface area (Å²) in [4.78, 5) is 2.70. The molecular formula is C18H26N2. The Hall–Kier alpha value is -1.02. The summed E-state index contributed by atoms with van der Waals surface area (Å²) >= 11 is 0. The minimum atomic E-state index is 0.649. The van der Waals surface area contributed by atoms with Crippen molar-refractivity contribution in [2.24, 2.45) is 23.5 Å². The van der Waals surface area contributed by atoms with E-state index in [0.29, 0.717) is 6.54 Å². The van der Waals surface area contributed by atoms with Crippen LogP contribution in [0.3, 0.4) is 0 Å². The fraction of sp³-hybridized carbons (Fsp3) is 0.667. The molecule has 4 rings (SSSR count). The lowest BCUT2D eigenvalue weighted by Gasteiger charge is -2.32. The molecule has 3 unspecified atom stereocenters. The summed E-state index contributed by atoms with van der Waals surface area (Å²) in [5.41, 5.74) is 8.37. The number of hydrogen-bond acceptors (Lipinski definition) is 2. The van der Waals surface area contributed by atoms with Gasteiger partial charge in [-0.05, 0) is 67.6 Å². The van der Waals surface area contributed by atoms with E-state index in [4.69, 9.17) is 5.73 Å². The van der Waals surface area contributed by atoms with Crippen molar-refractivity contribution in [3.8, 4) is 0 Å². The Labute approximate surface area is 122 Å². The Kier molecular flexibility index (Phi) is 3.22. The van der Waals surface area contributed by atoms with E-state index in [1.165, 1.54) is 56.3 Å². The number of benzene rings is 1. The Bertz CT molecular complexity index is 463. The molecule has 1 aromatic carbocycles. The summed E-state index contributed by atoms with van der Waals surface area (Å²) < 4.78 is 0. The largest absolute Gasteiger partial charge is 0.368 e. The topological polar surface area (TPSA) is 29.3 Å². The molecule has 2 heteroatoms. The first-order chi connectivity index (χ1) is 9.83. The quantitative estimate of drug-likeness (QED) is 0.886. The summed E-state index contributed by atoms with van der Waals surface area (Å²) in [6.45, 7) is 1.95. The van der Waals surface area contributed by atoms with Gasteiger partial charge in [-0.3, -0.25) is 0 Å². The molecule has 0 amide bonds. The molecule has 3 saturated carbocycles. The maximum Gasteiger partial charge on any atom is 0.0369 e. The lowest BCUT2D eigenvalue weighted by Crippen LogP contribution is -2.33. The molecule has 0 heterocycles. The predicted molar refractivity (Wildman–Crippen MR) is 83.6 cm³/mol. The molecule has 1 aromatic rings. The molecule has 20 heavy (non-hydrogen) atoms.